The van der Waals surface area contributed by atoms with Crippen LogP contribution in [0.2, 0.25) is 5.02 Å². The number of thiophene rings is 1. The molecule has 112 valence electrons. The molecular weight excluding hydrogens is 306 g/mol. The highest BCUT2D eigenvalue weighted by molar-refractivity contribution is 7.07. The highest BCUT2D eigenvalue weighted by Crippen LogP contribution is 2.38. The lowest BCUT2D eigenvalue weighted by molar-refractivity contribution is 0.171. The summed E-state index contributed by atoms with van der Waals surface area (Å²) in [7, 11) is 0. The molecule has 0 fully saturated rings. The Morgan fingerprint density at radius 2 is 2.14 bits per heavy atom. The second kappa shape index (κ2) is 6.69. The van der Waals surface area contributed by atoms with Crippen molar-refractivity contribution < 1.29 is 9.47 Å². The molecule has 1 aliphatic rings. The van der Waals surface area contributed by atoms with Crippen molar-refractivity contribution in [3.8, 4) is 11.5 Å². The number of benzene rings is 1. The molecule has 2 aromatic rings. The van der Waals surface area contributed by atoms with E-state index in [4.69, 9.17) is 21.1 Å². The Bertz CT molecular complexity index is 601. The lowest BCUT2D eigenvalue weighted by Gasteiger charge is -2.21. The van der Waals surface area contributed by atoms with Crippen LogP contribution in [-0.2, 0) is 13.0 Å². The van der Waals surface area contributed by atoms with Crippen molar-refractivity contribution in [1.82, 2.24) is 5.32 Å². The summed E-state index contributed by atoms with van der Waals surface area (Å²) in [6.07, 6.45) is 1.03. The fourth-order valence-electron chi connectivity index (χ4n) is 2.39. The quantitative estimate of drug-likeness (QED) is 0.905. The van der Waals surface area contributed by atoms with Crippen molar-refractivity contribution in [2.45, 2.75) is 25.9 Å². The Hall–Kier alpha value is -1.23. The number of halogens is 1. The van der Waals surface area contributed by atoms with Crippen molar-refractivity contribution in [2.24, 2.45) is 0 Å². The van der Waals surface area contributed by atoms with E-state index in [2.05, 4.69) is 29.1 Å². The van der Waals surface area contributed by atoms with E-state index in [1.54, 1.807) is 11.3 Å². The standard InChI is InChI=1S/C16H18ClNO2S/c1-11(6-12-2-5-21-10-12)18-9-13-7-14(17)16-15(8-13)19-3-4-20-16/h2,5,7-8,10-11,18H,3-4,6,9H2,1H3. The van der Waals surface area contributed by atoms with Gasteiger partial charge in [0.1, 0.15) is 13.2 Å². The van der Waals surface area contributed by atoms with Crippen molar-refractivity contribution in [3.05, 3.63) is 45.1 Å². The van der Waals surface area contributed by atoms with Gasteiger partial charge < -0.3 is 14.8 Å². The molecule has 1 atom stereocenters. The van der Waals surface area contributed by atoms with Crippen LogP contribution in [0.1, 0.15) is 18.1 Å². The summed E-state index contributed by atoms with van der Waals surface area (Å²) >= 11 is 7.98. The first-order valence-corrected chi connectivity index (χ1v) is 8.37. The summed E-state index contributed by atoms with van der Waals surface area (Å²) in [5.41, 5.74) is 2.49. The van der Waals surface area contributed by atoms with Crippen molar-refractivity contribution >= 4 is 22.9 Å². The maximum Gasteiger partial charge on any atom is 0.179 e. The van der Waals surface area contributed by atoms with E-state index in [9.17, 15) is 0 Å². The van der Waals surface area contributed by atoms with Crippen LogP contribution in [0.4, 0.5) is 0 Å². The van der Waals surface area contributed by atoms with E-state index in [-0.39, 0.29) is 0 Å². The molecule has 0 bridgehead atoms. The fourth-order valence-corrected chi connectivity index (χ4v) is 3.36. The van der Waals surface area contributed by atoms with E-state index in [1.165, 1.54) is 5.56 Å². The largest absolute Gasteiger partial charge is 0.486 e. The molecule has 0 amide bonds. The second-order valence-corrected chi connectivity index (χ2v) is 6.41. The smallest absolute Gasteiger partial charge is 0.179 e. The molecule has 0 aliphatic carbocycles. The average Bonchev–Trinajstić information content (AvgIpc) is 2.98. The summed E-state index contributed by atoms with van der Waals surface area (Å²) in [5.74, 6) is 1.41. The van der Waals surface area contributed by atoms with Crippen LogP contribution in [0.25, 0.3) is 0 Å². The molecule has 0 saturated carbocycles. The highest BCUT2D eigenvalue weighted by Gasteiger charge is 2.16. The molecule has 5 heteroatoms. The van der Waals surface area contributed by atoms with Crippen molar-refractivity contribution in [1.29, 1.82) is 0 Å². The minimum absolute atomic E-state index is 0.409. The van der Waals surface area contributed by atoms with Crippen LogP contribution in [0, 0.1) is 0 Å². The SMILES string of the molecule is CC(Cc1ccsc1)NCc1cc(Cl)c2c(c1)OCCO2. The Labute approximate surface area is 133 Å². The van der Waals surface area contributed by atoms with Gasteiger partial charge in [-0.2, -0.15) is 11.3 Å². The molecule has 3 nitrogen and oxygen atoms in total. The van der Waals surface area contributed by atoms with E-state index in [0.717, 1.165) is 24.3 Å². The lowest BCUT2D eigenvalue weighted by atomic mass is 10.1. The number of ether oxygens (including phenoxy) is 2. The molecule has 1 aromatic carbocycles. The first-order chi connectivity index (χ1) is 10.2. The Morgan fingerprint density at radius 1 is 1.29 bits per heavy atom. The van der Waals surface area contributed by atoms with Crippen LogP contribution in [0.3, 0.4) is 0 Å². The topological polar surface area (TPSA) is 30.5 Å². The van der Waals surface area contributed by atoms with Gasteiger partial charge in [0.25, 0.3) is 0 Å². The van der Waals surface area contributed by atoms with Gasteiger partial charge in [0, 0.05) is 12.6 Å². The lowest BCUT2D eigenvalue weighted by Crippen LogP contribution is -2.27. The highest BCUT2D eigenvalue weighted by atomic mass is 35.5. The molecule has 2 heterocycles. The van der Waals surface area contributed by atoms with Gasteiger partial charge in [-0.15, -0.1) is 0 Å². The minimum Gasteiger partial charge on any atom is -0.486 e. The summed E-state index contributed by atoms with van der Waals surface area (Å²) < 4.78 is 11.1. The molecule has 1 aromatic heterocycles. The molecule has 3 rings (SSSR count). The first-order valence-electron chi connectivity index (χ1n) is 7.05. The molecule has 0 saturated heterocycles. The third-order valence-electron chi connectivity index (χ3n) is 3.43. The zero-order chi connectivity index (χ0) is 14.7. The number of rotatable bonds is 5. The Morgan fingerprint density at radius 3 is 2.95 bits per heavy atom. The number of fused-ring (bicyclic) bond motifs is 1. The average molecular weight is 324 g/mol. The van der Waals surface area contributed by atoms with Crippen LogP contribution >= 0.6 is 22.9 Å². The van der Waals surface area contributed by atoms with Gasteiger partial charge in [0.2, 0.25) is 0 Å². The first kappa shape index (κ1) is 14.7. The summed E-state index contributed by atoms with van der Waals surface area (Å²) in [6, 6.07) is 6.53. The predicted molar refractivity (Wildman–Crippen MR) is 86.8 cm³/mol. The molecule has 1 N–H and O–H groups in total. The van der Waals surface area contributed by atoms with E-state index in [0.29, 0.717) is 30.0 Å². The monoisotopic (exact) mass is 323 g/mol. The maximum absolute atomic E-state index is 6.25. The molecule has 21 heavy (non-hydrogen) atoms. The number of hydrogen-bond acceptors (Lipinski definition) is 4. The summed E-state index contributed by atoms with van der Waals surface area (Å²) in [5, 5.41) is 8.45. The third-order valence-corrected chi connectivity index (χ3v) is 4.45. The number of nitrogens with one attached hydrogen (secondary N) is 1. The van der Waals surface area contributed by atoms with Gasteiger partial charge in [-0.3, -0.25) is 0 Å². The maximum atomic E-state index is 6.25. The normalized spacial score (nSPS) is 15.0. The predicted octanol–water partition coefficient (Wildman–Crippen LogP) is 3.89. The Balaban J connectivity index is 1.61. The van der Waals surface area contributed by atoms with Gasteiger partial charge >= 0.3 is 0 Å². The summed E-state index contributed by atoms with van der Waals surface area (Å²) in [4.78, 5) is 0. The van der Waals surface area contributed by atoms with Gasteiger partial charge in [-0.05, 0) is 53.4 Å². The summed E-state index contributed by atoms with van der Waals surface area (Å²) in [6.45, 7) is 4.09. The van der Waals surface area contributed by atoms with Crippen LogP contribution in [0.5, 0.6) is 11.5 Å². The molecule has 1 aliphatic heterocycles. The number of hydrogen-bond donors (Lipinski definition) is 1. The van der Waals surface area contributed by atoms with Crippen LogP contribution < -0.4 is 14.8 Å². The van der Waals surface area contributed by atoms with Crippen LogP contribution in [-0.4, -0.2) is 19.3 Å². The molecule has 0 spiro atoms. The molecular formula is C16H18ClNO2S. The van der Waals surface area contributed by atoms with Crippen molar-refractivity contribution in [2.75, 3.05) is 13.2 Å². The van der Waals surface area contributed by atoms with Gasteiger partial charge in [0.05, 0.1) is 5.02 Å². The van der Waals surface area contributed by atoms with Crippen LogP contribution in [0.15, 0.2) is 29.0 Å². The van der Waals surface area contributed by atoms with Gasteiger partial charge in [-0.1, -0.05) is 11.6 Å². The molecule has 0 radical (unpaired) electrons. The van der Waals surface area contributed by atoms with E-state index >= 15 is 0 Å². The van der Waals surface area contributed by atoms with E-state index in [1.807, 2.05) is 12.1 Å². The zero-order valence-electron chi connectivity index (χ0n) is 11.9. The second-order valence-electron chi connectivity index (χ2n) is 5.22. The van der Waals surface area contributed by atoms with Crippen molar-refractivity contribution in [3.63, 3.8) is 0 Å². The fraction of sp³-hybridized carbons (Fsp3) is 0.375. The zero-order valence-corrected chi connectivity index (χ0v) is 13.5. The Kier molecular flexibility index (Phi) is 4.68. The molecule has 1 unspecified atom stereocenters. The third kappa shape index (κ3) is 3.70. The van der Waals surface area contributed by atoms with Gasteiger partial charge in [0.15, 0.2) is 11.5 Å². The minimum atomic E-state index is 0.409. The van der Waals surface area contributed by atoms with E-state index < -0.39 is 0 Å². The van der Waals surface area contributed by atoms with Gasteiger partial charge in [-0.25, -0.2) is 0 Å².